The third kappa shape index (κ3) is 3.13. The van der Waals surface area contributed by atoms with Gasteiger partial charge >= 0.3 is 0 Å². The van der Waals surface area contributed by atoms with Crippen molar-refractivity contribution in [1.82, 2.24) is 0 Å². The van der Waals surface area contributed by atoms with E-state index in [1.807, 2.05) is 0 Å². The number of nitrogens with one attached hydrogen (secondary N) is 1. The van der Waals surface area contributed by atoms with Gasteiger partial charge in [-0.3, -0.25) is 4.72 Å². The van der Waals surface area contributed by atoms with Crippen LogP contribution in [0.4, 0.5) is 14.5 Å². The molecule has 112 valence electrons. The zero-order valence-corrected chi connectivity index (χ0v) is 12.1. The van der Waals surface area contributed by atoms with Crippen LogP contribution in [0, 0.1) is 25.5 Å². The molecule has 2 rings (SSSR count). The zero-order valence-electron chi connectivity index (χ0n) is 11.3. The molecule has 0 aliphatic heterocycles. The normalized spacial score (nSPS) is 11.4. The molecule has 0 radical (unpaired) electrons. The fourth-order valence-corrected chi connectivity index (χ4v) is 3.64. The number of rotatable bonds is 3. The molecule has 7 heteroatoms. The van der Waals surface area contributed by atoms with Gasteiger partial charge in [-0.05, 0) is 49.2 Å². The van der Waals surface area contributed by atoms with Gasteiger partial charge in [0.15, 0.2) is 0 Å². The zero-order chi connectivity index (χ0) is 15.8. The summed E-state index contributed by atoms with van der Waals surface area (Å²) in [5, 5.41) is 9.56. The second kappa shape index (κ2) is 5.33. The van der Waals surface area contributed by atoms with Gasteiger partial charge < -0.3 is 5.11 Å². The highest BCUT2D eigenvalue weighted by molar-refractivity contribution is 7.92. The molecule has 0 unspecified atom stereocenters. The lowest BCUT2D eigenvalue weighted by Crippen LogP contribution is -2.16. The Balaban J connectivity index is 2.48. The molecular formula is C14H13F2NO3S. The maximum absolute atomic E-state index is 13.2. The highest BCUT2D eigenvalue weighted by atomic mass is 32.2. The highest BCUT2D eigenvalue weighted by Crippen LogP contribution is 2.29. The molecule has 0 aromatic heterocycles. The lowest BCUT2D eigenvalue weighted by Gasteiger charge is -2.14. The van der Waals surface area contributed by atoms with Crippen LogP contribution in [0.2, 0.25) is 0 Å². The van der Waals surface area contributed by atoms with Gasteiger partial charge in [-0.1, -0.05) is 0 Å². The van der Waals surface area contributed by atoms with Gasteiger partial charge in [0.1, 0.15) is 17.4 Å². The van der Waals surface area contributed by atoms with Crippen LogP contribution in [0.1, 0.15) is 11.1 Å². The predicted octanol–water partition coefficient (Wildman–Crippen LogP) is 3.09. The molecule has 0 saturated carbocycles. The molecule has 0 aliphatic rings. The van der Waals surface area contributed by atoms with Crippen LogP contribution in [0.3, 0.4) is 0 Å². The summed E-state index contributed by atoms with van der Waals surface area (Å²) in [5.41, 5.74) is 0.322. The Morgan fingerprint density at radius 2 is 1.57 bits per heavy atom. The standard InChI is InChI=1S/C14H13F2NO3S/c1-8-5-11(16)6-9(2)14(8)21(19,20)17-12-4-3-10(15)7-13(12)18/h3-7,17-18H,1-2H3. The number of halogens is 2. The average molecular weight is 313 g/mol. The van der Waals surface area contributed by atoms with E-state index in [-0.39, 0.29) is 21.7 Å². The lowest BCUT2D eigenvalue weighted by atomic mass is 10.1. The topological polar surface area (TPSA) is 66.4 Å². The number of aromatic hydroxyl groups is 1. The smallest absolute Gasteiger partial charge is 0.262 e. The monoisotopic (exact) mass is 313 g/mol. The fourth-order valence-electron chi connectivity index (χ4n) is 2.11. The first-order valence-electron chi connectivity index (χ1n) is 5.99. The van der Waals surface area contributed by atoms with Crippen molar-refractivity contribution in [2.75, 3.05) is 4.72 Å². The number of hydrogen-bond donors (Lipinski definition) is 2. The molecule has 4 nitrogen and oxygen atoms in total. The van der Waals surface area contributed by atoms with Gasteiger partial charge in [0.2, 0.25) is 0 Å². The van der Waals surface area contributed by atoms with Crippen molar-refractivity contribution in [1.29, 1.82) is 0 Å². The molecule has 2 aromatic carbocycles. The van der Waals surface area contributed by atoms with Crippen LogP contribution in [-0.4, -0.2) is 13.5 Å². The van der Waals surface area contributed by atoms with Crippen LogP contribution >= 0.6 is 0 Å². The van der Waals surface area contributed by atoms with Crippen molar-refractivity contribution in [2.24, 2.45) is 0 Å². The Bertz CT molecular complexity index is 781. The summed E-state index contributed by atoms with van der Waals surface area (Å²) >= 11 is 0. The van der Waals surface area contributed by atoms with E-state index in [1.54, 1.807) is 0 Å². The largest absolute Gasteiger partial charge is 0.506 e. The highest BCUT2D eigenvalue weighted by Gasteiger charge is 2.21. The van der Waals surface area contributed by atoms with Crippen LogP contribution in [0.25, 0.3) is 0 Å². The molecule has 0 atom stereocenters. The van der Waals surface area contributed by atoms with Crippen molar-refractivity contribution < 1.29 is 22.3 Å². The van der Waals surface area contributed by atoms with Crippen molar-refractivity contribution in [3.05, 3.63) is 53.1 Å². The second-order valence-corrected chi connectivity index (χ2v) is 6.25. The molecule has 0 bridgehead atoms. The molecule has 2 aromatic rings. The Labute approximate surface area is 121 Å². The van der Waals surface area contributed by atoms with Crippen LogP contribution in [0.5, 0.6) is 5.75 Å². The van der Waals surface area contributed by atoms with E-state index in [0.717, 1.165) is 30.3 Å². The maximum Gasteiger partial charge on any atom is 0.262 e. The molecular weight excluding hydrogens is 300 g/mol. The van der Waals surface area contributed by atoms with E-state index in [4.69, 9.17) is 0 Å². The molecule has 0 aliphatic carbocycles. The Hall–Kier alpha value is -2.15. The summed E-state index contributed by atoms with van der Waals surface area (Å²) in [5.74, 6) is -1.76. The minimum atomic E-state index is -4.03. The molecule has 0 fully saturated rings. The predicted molar refractivity (Wildman–Crippen MR) is 74.7 cm³/mol. The summed E-state index contributed by atoms with van der Waals surface area (Å²) in [7, 11) is -4.03. The van der Waals surface area contributed by atoms with E-state index >= 15 is 0 Å². The van der Waals surface area contributed by atoms with Crippen LogP contribution < -0.4 is 4.72 Å². The van der Waals surface area contributed by atoms with E-state index < -0.39 is 27.4 Å². The van der Waals surface area contributed by atoms with Gasteiger partial charge in [-0.15, -0.1) is 0 Å². The SMILES string of the molecule is Cc1cc(F)cc(C)c1S(=O)(=O)Nc1ccc(F)cc1O. The molecule has 0 saturated heterocycles. The van der Waals surface area contributed by atoms with Gasteiger partial charge in [0, 0.05) is 6.07 Å². The maximum atomic E-state index is 13.2. The minimum absolute atomic E-state index is 0.0763. The number of hydrogen-bond acceptors (Lipinski definition) is 3. The number of aryl methyl sites for hydroxylation is 2. The Kier molecular flexibility index (Phi) is 3.87. The fraction of sp³-hybridized carbons (Fsp3) is 0.143. The summed E-state index contributed by atoms with van der Waals surface area (Å²) in [6.45, 7) is 2.93. The van der Waals surface area contributed by atoms with E-state index in [1.165, 1.54) is 13.8 Å². The third-order valence-corrected chi connectivity index (χ3v) is 4.57. The summed E-state index contributed by atoms with van der Waals surface area (Å²) in [6.07, 6.45) is 0. The molecule has 0 heterocycles. The summed E-state index contributed by atoms with van der Waals surface area (Å²) in [6, 6.07) is 5.12. The molecule has 0 amide bonds. The van der Waals surface area contributed by atoms with Crippen molar-refractivity contribution in [2.45, 2.75) is 18.7 Å². The summed E-state index contributed by atoms with van der Waals surface area (Å²) < 4.78 is 53.0. The number of phenolic OH excluding ortho intramolecular Hbond substituents is 1. The average Bonchev–Trinajstić information content (AvgIpc) is 2.30. The Morgan fingerprint density at radius 3 is 2.10 bits per heavy atom. The molecule has 0 spiro atoms. The van der Waals surface area contributed by atoms with Gasteiger partial charge in [-0.25, -0.2) is 17.2 Å². The second-order valence-electron chi connectivity index (χ2n) is 4.64. The first kappa shape index (κ1) is 15.2. The number of phenols is 1. The number of sulfonamides is 1. The lowest BCUT2D eigenvalue weighted by molar-refractivity contribution is 0.471. The quantitative estimate of drug-likeness (QED) is 0.856. The molecule has 2 N–H and O–H groups in total. The van der Waals surface area contributed by atoms with Crippen LogP contribution in [-0.2, 0) is 10.0 Å². The van der Waals surface area contributed by atoms with Gasteiger partial charge in [-0.2, -0.15) is 0 Å². The van der Waals surface area contributed by atoms with Crippen molar-refractivity contribution in [3.63, 3.8) is 0 Å². The molecule has 21 heavy (non-hydrogen) atoms. The number of anilines is 1. The van der Waals surface area contributed by atoms with E-state index in [9.17, 15) is 22.3 Å². The van der Waals surface area contributed by atoms with Crippen LogP contribution in [0.15, 0.2) is 35.2 Å². The van der Waals surface area contributed by atoms with Gasteiger partial charge in [0.05, 0.1) is 10.6 Å². The first-order chi connectivity index (χ1) is 9.70. The number of benzene rings is 2. The Morgan fingerprint density at radius 1 is 1.00 bits per heavy atom. The van der Waals surface area contributed by atoms with Crippen molar-refractivity contribution in [3.8, 4) is 5.75 Å². The summed E-state index contributed by atoms with van der Waals surface area (Å²) in [4.78, 5) is -0.0763. The van der Waals surface area contributed by atoms with Gasteiger partial charge in [0.25, 0.3) is 10.0 Å². The van der Waals surface area contributed by atoms with E-state index in [0.29, 0.717) is 0 Å². The van der Waals surface area contributed by atoms with E-state index in [2.05, 4.69) is 4.72 Å². The van der Waals surface area contributed by atoms with Crippen molar-refractivity contribution >= 4 is 15.7 Å². The minimum Gasteiger partial charge on any atom is -0.506 e. The third-order valence-electron chi connectivity index (χ3n) is 2.90. The first-order valence-corrected chi connectivity index (χ1v) is 7.47.